The van der Waals surface area contributed by atoms with Crippen LogP contribution in [0.3, 0.4) is 0 Å². The van der Waals surface area contributed by atoms with Crippen molar-refractivity contribution < 1.29 is 9.53 Å². The van der Waals surface area contributed by atoms with E-state index in [4.69, 9.17) is 4.74 Å². The molecule has 2 rings (SSSR count). The summed E-state index contributed by atoms with van der Waals surface area (Å²) in [6, 6.07) is 6.17. The van der Waals surface area contributed by atoms with E-state index in [2.05, 4.69) is 17.1 Å². The van der Waals surface area contributed by atoms with E-state index in [-0.39, 0.29) is 5.78 Å². The summed E-state index contributed by atoms with van der Waals surface area (Å²) < 4.78 is 5.40. The number of benzene rings is 1. The Morgan fingerprint density at radius 1 is 1.53 bits per heavy atom. The van der Waals surface area contributed by atoms with Gasteiger partial charge in [0.1, 0.15) is 5.75 Å². The molecule has 19 heavy (non-hydrogen) atoms. The third kappa shape index (κ3) is 3.33. The Morgan fingerprint density at radius 2 is 2.32 bits per heavy atom. The first kappa shape index (κ1) is 14.0. The van der Waals surface area contributed by atoms with Crippen molar-refractivity contribution in [3.8, 4) is 5.75 Å². The maximum atomic E-state index is 11.5. The SMILES string of the molecule is COc1ccc(C(C)=O)cc1CN1CCNC[C@@H]1C. The minimum atomic E-state index is 0.0947. The van der Waals surface area contributed by atoms with Gasteiger partial charge in [0.05, 0.1) is 7.11 Å². The number of carbonyl (C=O) groups is 1. The molecule has 1 atom stereocenters. The number of ketones is 1. The second kappa shape index (κ2) is 6.17. The highest BCUT2D eigenvalue weighted by atomic mass is 16.5. The molecule has 1 aromatic carbocycles. The van der Waals surface area contributed by atoms with Crippen LogP contribution in [0.2, 0.25) is 0 Å². The van der Waals surface area contributed by atoms with E-state index in [1.54, 1.807) is 14.0 Å². The van der Waals surface area contributed by atoms with Crippen LogP contribution in [0.1, 0.15) is 29.8 Å². The third-order valence-electron chi connectivity index (χ3n) is 3.70. The number of carbonyl (C=O) groups excluding carboxylic acids is 1. The Morgan fingerprint density at radius 3 is 2.95 bits per heavy atom. The van der Waals surface area contributed by atoms with Crippen molar-refractivity contribution in [2.75, 3.05) is 26.7 Å². The number of hydrogen-bond acceptors (Lipinski definition) is 4. The molecule has 1 saturated heterocycles. The highest BCUT2D eigenvalue weighted by Crippen LogP contribution is 2.23. The molecule has 0 aromatic heterocycles. The molecule has 0 saturated carbocycles. The minimum absolute atomic E-state index is 0.0947. The number of nitrogens with zero attached hydrogens (tertiary/aromatic N) is 1. The molecule has 4 heteroatoms. The highest BCUT2D eigenvalue weighted by Gasteiger charge is 2.19. The van der Waals surface area contributed by atoms with Gasteiger partial charge in [-0.15, -0.1) is 0 Å². The lowest BCUT2D eigenvalue weighted by Gasteiger charge is -2.34. The average Bonchev–Trinajstić information content (AvgIpc) is 2.41. The molecular formula is C15H22N2O2. The van der Waals surface area contributed by atoms with Gasteiger partial charge < -0.3 is 10.1 Å². The van der Waals surface area contributed by atoms with Gasteiger partial charge in [-0.05, 0) is 32.0 Å². The third-order valence-corrected chi connectivity index (χ3v) is 3.70. The van der Waals surface area contributed by atoms with Gasteiger partial charge in [0.15, 0.2) is 5.78 Å². The first-order valence-electron chi connectivity index (χ1n) is 6.74. The van der Waals surface area contributed by atoms with Gasteiger partial charge >= 0.3 is 0 Å². The van der Waals surface area contributed by atoms with Crippen LogP contribution in [0.5, 0.6) is 5.75 Å². The molecule has 0 bridgehead atoms. The zero-order chi connectivity index (χ0) is 13.8. The Labute approximate surface area is 114 Å². The van der Waals surface area contributed by atoms with Crippen molar-refractivity contribution in [3.63, 3.8) is 0 Å². The summed E-state index contributed by atoms with van der Waals surface area (Å²) in [4.78, 5) is 13.9. The Hall–Kier alpha value is -1.39. The zero-order valence-corrected chi connectivity index (χ0v) is 11.9. The van der Waals surface area contributed by atoms with Crippen LogP contribution < -0.4 is 10.1 Å². The lowest BCUT2D eigenvalue weighted by atomic mass is 10.1. The highest BCUT2D eigenvalue weighted by molar-refractivity contribution is 5.94. The molecule has 0 amide bonds. The van der Waals surface area contributed by atoms with E-state index in [1.165, 1.54) is 0 Å². The van der Waals surface area contributed by atoms with E-state index >= 15 is 0 Å². The number of hydrogen-bond donors (Lipinski definition) is 1. The van der Waals surface area contributed by atoms with Crippen LogP contribution >= 0.6 is 0 Å². The predicted molar refractivity (Wildman–Crippen MR) is 75.7 cm³/mol. The molecule has 0 radical (unpaired) electrons. The number of piperazine rings is 1. The maximum absolute atomic E-state index is 11.5. The van der Waals surface area contributed by atoms with Gasteiger partial charge in [0.25, 0.3) is 0 Å². The van der Waals surface area contributed by atoms with Crippen LogP contribution in [0, 0.1) is 0 Å². The van der Waals surface area contributed by atoms with Crippen LogP contribution in [0.25, 0.3) is 0 Å². The fourth-order valence-corrected chi connectivity index (χ4v) is 2.46. The summed E-state index contributed by atoms with van der Waals surface area (Å²) >= 11 is 0. The van der Waals surface area contributed by atoms with Crippen LogP contribution in [-0.4, -0.2) is 43.5 Å². The summed E-state index contributed by atoms with van der Waals surface area (Å²) in [5, 5.41) is 3.38. The normalized spacial score (nSPS) is 20.3. The largest absolute Gasteiger partial charge is 0.496 e. The van der Waals surface area contributed by atoms with E-state index in [9.17, 15) is 4.79 Å². The molecule has 0 unspecified atom stereocenters. The quantitative estimate of drug-likeness (QED) is 0.839. The number of methoxy groups -OCH3 is 1. The summed E-state index contributed by atoms with van der Waals surface area (Å²) in [7, 11) is 1.67. The monoisotopic (exact) mass is 262 g/mol. The number of rotatable bonds is 4. The lowest BCUT2D eigenvalue weighted by molar-refractivity contribution is 0.101. The average molecular weight is 262 g/mol. The molecule has 0 aliphatic carbocycles. The van der Waals surface area contributed by atoms with Crippen molar-refractivity contribution in [1.82, 2.24) is 10.2 Å². The fraction of sp³-hybridized carbons (Fsp3) is 0.533. The minimum Gasteiger partial charge on any atom is -0.496 e. The van der Waals surface area contributed by atoms with Gasteiger partial charge in [-0.2, -0.15) is 0 Å². The fourth-order valence-electron chi connectivity index (χ4n) is 2.46. The molecule has 104 valence electrons. The van der Waals surface area contributed by atoms with Crippen LogP contribution in [0.15, 0.2) is 18.2 Å². The van der Waals surface area contributed by atoms with Crippen molar-refractivity contribution >= 4 is 5.78 Å². The molecule has 1 aliphatic rings. The molecule has 0 spiro atoms. The summed E-state index contributed by atoms with van der Waals surface area (Å²) in [6.07, 6.45) is 0. The second-order valence-electron chi connectivity index (χ2n) is 5.11. The van der Waals surface area contributed by atoms with Crippen molar-refractivity contribution in [2.24, 2.45) is 0 Å². The predicted octanol–water partition coefficient (Wildman–Crippen LogP) is 1.69. The van der Waals surface area contributed by atoms with E-state index in [0.717, 1.165) is 43.1 Å². The summed E-state index contributed by atoms with van der Waals surface area (Å²) in [5.41, 5.74) is 1.84. The molecule has 1 aliphatic heterocycles. The van der Waals surface area contributed by atoms with Crippen molar-refractivity contribution in [3.05, 3.63) is 29.3 Å². The molecule has 4 nitrogen and oxygen atoms in total. The van der Waals surface area contributed by atoms with Crippen LogP contribution in [0.4, 0.5) is 0 Å². The molecule has 1 heterocycles. The molecular weight excluding hydrogens is 240 g/mol. The smallest absolute Gasteiger partial charge is 0.159 e. The van der Waals surface area contributed by atoms with Gasteiger partial charge in [-0.25, -0.2) is 0 Å². The van der Waals surface area contributed by atoms with E-state index in [0.29, 0.717) is 6.04 Å². The Bertz CT molecular complexity index is 459. The standard InChI is InChI=1S/C15H22N2O2/c1-11-9-16-6-7-17(11)10-14-8-13(12(2)18)4-5-15(14)19-3/h4-5,8,11,16H,6-7,9-10H2,1-3H3/t11-/m0/s1. The Balaban J connectivity index is 2.21. The summed E-state index contributed by atoms with van der Waals surface area (Å²) in [6.45, 7) is 7.68. The van der Waals surface area contributed by atoms with Gasteiger partial charge in [0, 0.05) is 43.3 Å². The topological polar surface area (TPSA) is 41.6 Å². The number of nitrogens with one attached hydrogen (secondary N) is 1. The van der Waals surface area contributed by atoms with Gasteiger partial charge in [-0.3, -0.25) is 9.69 Å². The second-order valence-corrected chi connectivity index (χ2v) is 5.11. The number of Topliss-reactive ketones (excluding diaryl/α,β-unsaturated/α-hetero) is 1. The van der Waals surface area contributed by atoms with E-state index < -0.39 is 0 Å². The van der Waals surface area contributed by atoms with E-state index in [1.807, 2.05) is 18.2 Å². The van der Waals surface area contributed by atoms with Crippen LogP contribution in [-0.2, 0) is 6.54 Å². The van der Waals surface area contributed by atoms with Crippen molar-refractivity contribution in [2.45, 2.75) is 26.4 Å². The van der Waals surface area contributed by atoms with Gasteiger partial charge in [-0.1, -0.05) is 0 Å². The number of ether oxygens (including phenoxy) is 1. The molecule has 1 aromatic rings. The van der Waals surface area contributed by atoms with Crippen molar-refractivity contribution in [1.29, 1.82) is 0 Å². The zero-order valence-electron chi connectivity index (χ0n) is 11.9. The summed E-state index contributed by atoms with van der Waals surface area (Å²) in [5.74, 6) is 0.952. The molecule has 1 N–H and O–H groups in total. The lowest BCUT2D eigenvalue weighted by Crippen LogP contribution is -2.49. The first-order valence-corrected chi connectivity index (χ1v) is 6.74. The molecule has 1 fully saturated rings. The maximum Gasteiger partial charge on any atom is 0.159 e. The first-order chi connectivity index (χ1) is 9.11. The Kier molecular flexibility index (Phi) is 4.56. The van der Waals surface area contributed by atoms with Gasteiger partial charge in [0.2, 0.25) is 0 Å².